The molecule has 0 radical (unpaired) electrons. The molecule has 3 rings (SSSR count). The third-order valence-corrected chi connectivity index (χ3v) is 4.67. The van der Waals surface area contributed by atoms with Crippen LogP contribution in [0.1, 0.15) is 42.9 Å². The van der Waals surface area contributed by atoms with Crippen LogP contribution in [0, 0.1) is 0 Å². The molecule has 19 heavy (non-hydrogen) atoms. The molecule has 3 heteroatoms. The number of hydrogen-bond donors (Lipinski definition) is 1. The molecule has 1 aromatic carbocycles. The first-order valence-electron chi connectivity index (χ1n) is 7.46. The third-order valence-electron chi connectivity index (χ3n) is 4.67. The van der Waals surface area contributed by atoms with E-state index in [2.05, 4.69) is 23.1 Å². The van der Waals surface area contributed by atoms with E-state index < -0.39 is 0 Å². The van der Waals surface area contributed by atoms with Gasteiger partial charge < -0.3 is 10.5 Å². The molecule has 1 aliphatic carbocycles. The molecule has 2 aliphatic rings. The zero-order valence-electron chi connectivity index (χ0n) is 11.8. The largest absolute Gasteiger partial charge is 0.497 e. The smallest absolute Gasteiger partial charge is 0.119 e. The van der Waals surface area contributed by atoms with Gasteiger partial charge in [-0.2, -0.15) is 0 Å². The Hall–Kier alpha value is -1.06. The van der Waals surface area contributed by atoms with E-state index in [0.29, 0.717) is 6.04 Å². The number of ether oxygens (including phenoxy) is 1. The predicted octanol–water partition coefficient (Wildman–Crippen LogP) is 2.50. The van der Waals surface area contributed by atoms with Crippen molar-refractivity contribution in [2.24, 2.45) is 5.73 Å². The average molecular weight is 260 g/mol. The molecular weight excluding hydrogens is 236 g/mol. The molecule has 0 aromatic heterocycles. The monoisotopic (exact) mass is 260 g/mol. The number of rotatable bonds is 2. The molecule has 1 aromatic rings. The second-order valence-corrected chi connectivity index (χ2v) is 5.81. The van der Waals surface area contributed by atoms with Crippen molar-refractivity contribution in [2.45, 2.75) is 44.2 Å². The number of nitrogens with two attached hydrogens (primary N) is 1. The lowest BCUT2D eigenvalue weighted by Gasteiger charge is -2.30. The number of benzene rings is 1. The van der Waals surface area contributed by atoms with Gasteiger partial charge in [-0.3, -0.25) is 4.90 Å². The zero-order valence-corrected chi connectivity index (χ0v) is 11.8. The van der Waals surface area contributed by atoms with Crippen LogP contribution in [0.3, 0.4) is 0 Å². The van der Waals surface area contributed by atoms with Gasteiger partial charge in [-0.1, -0.05) is 18.9 Å². The maximum Gasteiger partial charge on any atom is 0.119 e. The Bertz CT molecular complexity index is 438. The maximum absolute atomic E-state index is 6.50. The Labute approximate surface area is 115 Å². The zero-order chi connectivity index (χ0) is 13.2. The maximum atomic E-state index is 6.50. The van der Waals surface area contributed by atoms with E-state index in [0.717, 1.165) is 12.2 Å². The van der Waals surface area contributed by atoms with Gasteiger partial charge in [-0.15, -0.1) is 0 Å². The molecule has 1 aliphatic heterocycles. The van der Waals surface area contributed by atoms with Crippen LogP contribution in [-0.4, -0.2) is 31.1 Å². The Morgan fingerprint density at radius 1 is 1.16 bits per heavy atom. The van der Waals surface area contributed by atoms with Crippen molar-refractivity contribution < 1.29 is 4.74 Å². The molecule has 0 spiro atoms. The second kappa shape index (κ2) is 5.51. The third kappa shape index (κ3) is 2.49. The minimum Gasteiger partial charge on any atom is -0.497 e. The number of methoxy groups -OCH3 is 1. The van der Waals surface area contributed by atoms with Crippen molar-refractivity contribution in [1.29, 1.82) is 0 Å². The van der Waals surface area contributed by atoms with Crippen molar-refractivity contribution in [3.05, 3.63) is 29.3 Å². The van der Waals surface area contributed by atoms with Crippen LogP contribution in [0.25, 0.3) is 0 Å². The predicted molar refractivity (Wildman–Crippen MR) is 77.5 cm³/mol. The molecule has 104 valence electrons. The van der Waals surface area contributed by atoms with Crippen LogP contribution in [0.2, 0.25) is 0 Å². The van der Waals surface area contributed by atoms with Crippen LogP contribution in [-0.2, 0) is 6.42 Å². The fourth-order valence-corrected chi connectivity index (χ4v) is 3.54. The number of fused-ring (bicyclic) bond motifs is 1. The quantitative estimate of drug-likeness (QED) is 0.888. The molecule has 1 saturated heterocycles. The van der Waals surface area contributed by atoms with Gasteiger partial charge in [0.15, 0.2) is 0 Å². The van der Waals surface area contributed by atoms with Crippen molar-refractivity contribution in [3.8, 4) is 5.75 Å². The van der Waals surface area contributed by atoms with E-state index >= 15 is 0 Å². The molecule has 0 amide bonds. The second-order valence-electron chi connectivity index (χ2n) is 5.81. The van der Waals surface area contributed by atoms with E-state index in [-0.39, 0.29) is 6.04 Å². The van der Waals surface area contributed by atoms with Gasteiger partial charge in [0, 0.05) is 12.1 Å². The molecular formula is C16H24N2O. The summed E-state index contributed by atoms with van der Waals surface area (Å²) in [6.07, 6.45) is 6.49. The highest BCUT2D eigenvalue weighted by Crippen LogP contribution is 2.35. The fourth-order valence-electron chi connectivity index (χ4n) is 3.54. The van der Waals surface area contributed by atoms with E-state index in [9.17, 15) is 0 Å². The normalized spacial score (nSPS) is 27.9. The summed E-state index contributed by atoms with van der Waals surface area (Å²) in [4.78, 5) is 2.62. The number of nitrogens with zero attached hydrogens (tertiary/aromatic N) is 1. The van der Waals surface area contributed by atoms with E-state index in [4.69, 9.17) is 10.5 Å². The lowest BCUT2D eigenvalue weighted by molar-refractivity contribution is 0.187. The number of hydrogen-bond acceptors (Lipinski definition) is 3. The first-order chi connectivity index (χ1) is 9.29. The minimum atomic E-state index is 0.142. The Morgan fingerprint density at radius 2 is 1.89 bits per heavy atom. The highest BCUT2D eigenvalue weighted by molar-refractivity contribution is 5.42. The summed E-state index contributed by atoms with van der Waals surface area (Å²) in [6, 6.07) is 6.99. The molecule has 1 fully saturated rings. The van der Waals surface area contributed by atoms with Gasteiger partial charge in [0.2, 0.25) is 0 Å². The van der Waals surface area contributed by atoms with E-state index in [1.165, 1.54) is 49.9 Å². The summed E-state index contributed by atoms with van der Waals surface area (Å²) >= 11 is 0. The van der Waals surface area contributed by atoms with E-state index in [1.807, 2.05) is 0 Å². The van der Waals surface area contributed by atoms with Gasteiger partial charge in [0.1, 0.15) is 5.75 Å². The fraction of sp³-hybridized carbons (Fsp3) is 0.625. The molecule has 2 N–H and O–H groups in total. The molecule has 3 nitrogen and oxygen atoms in total. The summed E-state index contributed by atoms with van der Waals surface area (Å²) in [5.41, 5.74) is 9.19. The van der Waals surface area contributed by atoms with Crippen LogP contribution < -0.4 is 10.5 Å². The first-order valence-corrected chi connectivity index (χ1v) is 7.46. The van der Waals surface area contributed by atoms with Crippen molar-refractivity contribution in [1.82, 2.24) is 4.90 Å². The van der Waals surface area contributed by atoms with Crippen LogP contribution >= 0.6 is 0 Å². The summed E-state index contributed by atoms with van der Waals surface area (Å²) in [5.74, 6) is 0.922. The van der Waals surface area contributed by atoms with Crippen molar-refractivity contribution >= 4 is 0 Å². The van der Waals surface area contributed by atoms with Gasteiger partial charge in [-0.25, -0.2) is 0 Å². The summed E-state index contributed by atoms with van der Waals surface area (Å²) in [5, 5.41) is 0. The molecule has 0 saturated carbocycles. The molecule has 0 bridgehead atoms. The van der Waals surface area contributed by atoms with Crippen LogP contribution in [0.5, 0.6) is 5.75 Å². The SMILES string of the molecule is COc1ccc2c(c1)C(N)C(N1CCCCCC1)C2. The van der Waals surface area contributed by atoms with Crippen LogP contribution in [0.4, 0.5) is 0 Å². The van der Waals surface area contributed by atoms with Gasteiger partial charge in [-0.05, 0) is 55.6 Å². The van der Waals surface area contributed by atoms with Gasteiger partial charge in [0.25, 0.3) is 0 Å². The van der Waals surface area contributed by atoms with Crippen molar-refractivity contribution in [3.63, 3.8) is 0 Å². The number of likely N-dealkylation sites (tertiary alicyclic amines) is 1. The standard InChI is InChI=1S/C16H24N2O/c1-19-13-7-6-12-10-15(16(17)14(12)11-13)18-8-4-2-3-5-9-18/h6-7,11,15-16H,2-5,8-10,17H2,1H3. The highest BCUT2D eigenvalue weighted by Gasteiger charge is 2.34. The van der Waals surface area contributed by atoms with Gasteiger partial charge >= 0.3 is 0 Å². The summed E-state index contributed by atoms with van der Waals surface area (Å²) in [6.45, 7) is 2.42. The summed E-state index contributed by atoms with van der Waals surface area (Å²) < 4.78 is 5.32. The minimum absolute atomic E-state index is 0.142. The topological polar surface area (TPSA) is 38.5 Å². The molecule has 2 atom stereocenters. The lowest BCUT2D eigenvalue weighted by atomic mass is 10.1. The first kappa shape index (κ1) is 12.9. The molecule has 1 heterocycles. The van der Waals surface area contributed by atoms with E-state index in [1.54, 1.807) is 7.11 Å². The van der Waals surface area contributed by atoms with Gasteiger partial charge in [0.05, 0.1) is 7.11 Å². The average Bonchev–Trinajstić information content (AvgIpc) is 2.64. The van der Waals surface area contributed by atoms with Crippen LogP contribution in [0.15, 0.2) is 18.2 Å². The van der Waals surface area contributed by atoms with Crippen molar-refractivity contribution in [2.75, 3.05) is 20.2 Å². The summed E-state index contributed by atoms with van der Waals surface area (Å²) in [7, 11) is 1.72. The lowest BCUT2D eigenvalue weighted by Crippen LogP contribution is -2.41. The molecule has 2 unspecified atom stereocenters. The highest BCUT2D eigenvalue weighted by atomic mass is 16.5. The Kier molecular flexibility index (Phi) is 3.76. The Morgan fingerprint density at radius 3 is 2.58 bits per heavy atom. The Balaban J connectivity index is 1.79.